The monoisotopic (exact) mass is 1420 g/mol. The van der Waals surface area contributed by atoms with Crippen LogP contribution >= 0.6 is 0 Å². The van der Waals surface area contributed by atoms with Gasteiger partial charge in [-0.05, 0) is 111 Å². The second kappa shape index (κ2) is 43.3. The second-order valence-corrected chi connectivity index (χ2v) is 21.8. The number of amides is 3. The quantitative estimate of drug-likeness (QED) is 0.0163. The Bertz CT molecular complexity index is 3700. The third-order valence-electron chi connectivity index (χ3n) is 13.0. The Morgan fingerprint density at radius 1 is 0.376 bits per heavy atom. The predicted molar refractivity (Wildman–Crippen MR) is 361 cm³/mol. The lowest BCUT2D eigenvalue weighted by atomic mass is 9.89. The fourth-order valence-electron chi connectivity index (χ4n) is 8.58. The number of hydrazine groups is 2. The third kappa shape index (κ3) is 32.4. The minimum absolute atomic E-state index is 0. The van der Waals surface area contributed by atoms with Crippen molar-refractivity contribution < 1.29 is 124 Å². The highest BCUT2D eigenvalue weighted by Gasteiger charge is 2.37. The van der Waals surface area contributed by atoms with E-state index in [0.717, 1.165) is 35.0 Å². The molecule has 0 bridgehead atoms. The molecule has 0 heterocycles. The van der Waals surface area contributed by atoms with Crippen LogP contribution in [0, 0.1) is 0 Å². The van der Waals surface area contributed by atoms with E-state index in [1.165, 1.54) is 123 Å². The highest BCUT2D eigenvalue weighted by molar-refractivity contribution is 6.00. The van der Waals surface area contributed by atoms with Gasteiger partial charge >= 0.3 is 59.7 Å². The van der Waals surface area contributed by atoms with Gasteiger partial charge in [-0.1, -0.05) is 54.0 Å². The Labute approximate surface area is 585 Å². The summed E-state index contributed by atoms with van der Waals surface area (Å²) in [6.45, 7) is 14.5. The Hall–Kier alpha value is -11.1. The number of methoxy groups -OCH3 is 2. The van der Waals surface area contributed by atoms with E-state index in [9.17, 15) is 76.7 Å². The number of carbonyl (C=O) groups is 16. The number of carbonyl (C=O) groups excluding carboxylic acids is 16. The predicted octanol–water partition coefficient (Wildman–Crippen LogP) is 4.97. The molecule has 4 atom stereocenters. The van der Waals surface area contributed by atoms with Crippen LogP contribution in [0.25, 0.3) is 0 Å². The van der Waals surface area contributed by atoms with Gasteiger partial charge < -0.3 is 58.0 Å². The number of ether oxygens (including phenoxy) is 10. The van der Waals surface area contributed by atoms with Crippen molar-refractivity contribution >= 4 is 94.8 Å². The molecule has 0 radical (unpaired) electrons. The van der Waals surface area contributed by atoms with Gasteiger partial charge in [-0.15, -0.1) is 0 Å². The van der Waals surface area contributed by atoms with Crippen molar-refractivity contribution in [2.75, 3.05) is 20.8 Å². The van der Waals surface area contributed by atoms with Crippen LogP contribution in [0.15, 0.2) is 72.8 Å². The molecular formula is C69H92N6O26. The Morgan fingerprint density at radius 3 is 1.00 bits per heavy atom. The van der Waals surface area contributed by atoms with Gasteiger partial charge in [-0.2, -0.15) is 0 Å². The van der Waals surface area contributed by atoms with Crippen LogP contribution in [-0.4, -0.2) is 139 Å². The summed E-state index contributed by atoms with van der Waals surface area (Å²) in [4.78, 5) is 193. The molecule has 101 heavy (non-hydrogen) atoms. The van der Waals surface area contributed by atoms with Crippen LogP contribution in [0.3, 0.4) is 0 Å². The van der Waals surface area contributed by atoms with E-state index in [2.05, 4.69) is 32.3 Å². The molecule has 32 nitrogen and oxygen atoms in total. The number of ketones is 3. The lowest BCUT2D eigenvalue weighted by Crippen LogP contribution is -2.60. The van der Waals surface area contributed by atoms with E-state index in [0.29, 0.717) is 22.3 Å². The van der Waals surface area contributed by atoms with Crippen LogP contribution in [0.2, 0.25) is 0 Å². The zero-order chi connectivity index (χ0) is 73.1. The zero-order valence-electron chi connectivity index (χ0n) is 55.6. The van der Waals surface area contributed by atoms with E-state index in [4.69, 9.17) is 47.4 Å². The van der Waals surface area contributed by atoms with E-state index in [1.807, 2.05) is 0 Å². The first kappa shape index (κ1) is 91.9. The van der Waals surface area contributed by atoms with Crippen molar-refractivity contribution in [1.82, 2.24) is 32.3 Å². The molecular weight excluding hydrogens is 1330 g/mol. The lowest BCUT2D eigenvalue weighted by Gasteiger charge is -2.29. The molecule has 4 unspecified atom stereocenters. The molecule has 0 aliphatic rings. The first-order valence-electron chi connectivity index (χ1n) is 29.2. The van der Waals surface area contributed by atoms with Gasteiger partial charge in [-0.25, -0.2) is 20.4 Å². The number of nitrogens with one attached hydrogen (secondary N) is 6. The standard InChI is InChI=1S/C33H40N4O13.C32H36N2O13.4CH4/c1-18(38)32(6,16-23-9-11-25(47-19(2)39)27(13-23)49-21(4)41)36-34-29(43)15-30(44)35-37-33(7,31(45)46-8)17-24-10-12-26(48-20(3)40)28(14-24)50-22(5)42;1-17(35)25(11-22-7-9-27(44-18(2)36)29(13-22)46-20(4)38)33-16-24(40)15-31(41)34-26(32(42)43-6)12-23-8-10-28(45-19(3)37)30(14-23)47-21(5)39;;;;/h9-14,36-37H,15-17H2,1-8H3,(H,34,43)(H,35,44);7-10,13-14,25-26,33H,11-12,15-16H2,1-6H3,(H,34,41);4*1H4. The van der Waals surface area contributed by atoms with Gasteiger partial charge in [0.1, 0.15) is 23.8 Å². The minimum Gasteiger partial charge on any atom is -0.468 e. The largest absolute Gasteiger partial charge is 0.468 e. The van der Waals surface area contributed by atoms with Crippen molar-refractivity contribution in [3.63, 3.8) is 0 Å². The topological polar surface area (TPSA) is 438 Å². The summed E-state index contributed by atoms with van der Waals surface area (Å²) in [5.41, 5.74) is 8.66. The second-order valence-electron chi connectivity index (χ2n) is 21.8. The molecule has 0 saturated heterocycles. The molecule has 3 amide bonds. The van der Waals surface area contributed by atoms with Gasteiger partial charge in [-0.3, -0.25) is 78.0 Å². The van der Waals surface area contributed by atoms with E-state index >= 15 is 0 Å². The van der Waals surface area contributed by atoms with Gasteiger partial charge in [0.2, 0.25) is 17.7 Å². The summed E-state index contributed by atoms with van der Waals surface area (Å²) < 4.78 is 50.4. The van der Waals surface area contributed by atoms with Crippen molar-refractivity contribution in [3.8, 4) is 46.0 Å². The van der Waals surface area contributed by atoms with Crippen LogP contribution in [-0.2, 0) is 112 Å². The lowest BCUT2D eigenvalue weighted by molar-refractivity contribution is -0.149. The Kier molecular flexibility index (Phi) is 39.4. The van der Waals surface area contributed by atoms with E-state index in [-0.39, 0.29) is 114 Å². The summed E-state index contributed by atoms with van der Waals surface area (Å²) in [6, 6.07) is 15.1. The Balaban J connectivity index is 0. The average molecular weight is 1420 g/mol. The number of rotatable bonds is 32. The fourth-order valence-corrected chi connectivity index (χ4v) is 8.58. The SMILES string of the molecule is C.C.C.C.COC(=O)C(C)(Cc1ccc(OC(C)=O)c(OC(C)=O)c1)NNC(=O)CC(=O)NNC(C)(Cc1ccc(OC(C)=O)c(OC(C)=O)c1)C(C)=O.COC(=O)C(Cc1ccc(OC(C)=O)c(OC(C)=O)c1)NC(=O)CC(=O)CNC(Cc1ccc(OC(C)=O)c(OC(C)=O)c1)C(C)=O. The molecule has 554 valence electrons. The molecule has 4 aromatic rings. The highest BCUT2D eigenvalue weighted by atomic mass is 16.6. The number of hydrogen-bond acceptors (Lipinski definition) is 29. The third-order valence-corrected chi connectivity index (χ3v) is 13.0. The average Bonchev–Trinajstić information content (AvgIpc) is 0.841. The molecule has 6 N–H and O–H groups in total. The molecule has 0 spiro atoms. The van der Waals surface area contributed by atoms with Crippen LogP contribution < -0.4 is 70.2 Å². The maximum Gasteiger partial charge on any atom is 0.328 e. The molecule has 0 aliphatic heterocycles. The summed E-state index contributed by atoms with van der Waals surface area (Å²) in [7, 11) is 2.25. The van der Waals surface area contributed by atoms with Crippen molar-refractivity contribution in [2.45, 2.75) is 174 Å². The first-order chi connectivity index (χ1) is 45.3. The summed E-state index contributed by atoms with van der Waals surface area (Å²) >= 11 is 0. The normalized spacial score (nSPS) is 11.9. The fraction of sp³-hybridized carbons (Fsp3) is 0.420. The molecule has 0 saturated carbocycles. The van der Waals surface area contributed by atoms with Gasteiger partial charge in [0, 0.05) is 68.2 Å². The number of esters is 10. The van der Waals surface area contributed by atoms with Crippen LogP contribution in [0.5, 0.6) is 46.0 Å². The molecule has 0 aliphatic carbocycles. The number of benzene rings is 4. The molecule has 0 aromatic heterocycles. The molecule has 4 aromatic carbocycles. The van der Waals surface area contributed by atoms with E-state index < -0.39 is 125 Å². The minimum atomic E-state index is -1.60. The maximum absolute atomic E-state index is 12.8. The molecule has 0 fully saturated rings. The van der Waals surface area contributed by atoms with Gasteiger partial charge in [0.25, 0.3) is 0 Å². The summed E-state index contributed by atoms with van der Waals surface area (Å²) in [6.07, 6.45) is -1.59. The van der Waals surface area contributed by atoms with Crippen molar-refractivity contribution in [2.24, 2.45) is 0 Å². The molecule has 32 heteroatoms. The zero-order valence-corrected chi connectivity index (χ0v) is 55.6. The maximum atomic E-state index is 12.8. The van der Waals surface area contributed by atoms with Crippen LogP contribution in [0.4, 0.5) is 0 Å². The Morgan fingerprint density at radius 2 is 0.683 bits per heavy atom. The number of hydrogen-bond donors (Lipinski definition) is 6. The smallest absolute Gasteiger partial charge is 0.328 e. The highest BCUT2D eigenvalue weighted by Crippen LogP contribution is 2.34. The van der Waals surface area contributed by atoms with Gasteiger partial charge in [0.15, 0.2) is 57.6 Å². The summed E-state index contributed by atoms with van der Waals surface area (Å²) in [5, 5.41) is 5.25. The summed E-state index contributed by atoms with van der Waals surface area (Å²) in [5.74, 6) is -10.9. The molecule has 4 rings (SSSR count). The van der Waals surface area contributed by atoms with Crippen LogP contribution in [0.1, 0.15) is 148 Å². The van der Waals surface area contributed by atoms with Crippen molar-refractivity contribution in [1.29, 1.82) is 0 Å². The van der Waals surface area contributed by atoms with Crippen molar-refractivity contribution in [3.05, 3.63) is 95.1 Å². The van der Waals surface area contributed by atoms with Gasteiger partial charge in [0.05, 0.1) is 38.8 Å². The number of Topliss-reactive ketones (excluding diaryl/α,β-unsaturated/α-hetero) is 3. The van der Waals surface area contributed by atoms with E-state index in [1.54, 1.807) is 12.1 Å². The first-order valence-corrected chi connectivity index (χ1v) is 29.2.